The van der Waals surface area contributed by atoms with Gasteiger partial charge >= 0.3 is 5.97 Å². The Balaban J connectivity index is 1.87. The molecule has 24 heavy (non-hydrogen) atoms. The van der Waals surface area contributed by atoms with E-state index in [9.17, 15) is 9.59 Å². The fraction of sp³-hybridized carbons (Fsp3) is 0.556. The molecular formula is C18H25NO5. The van der Waals surface area contributed by atoms with Crippen LogP contribution in [0.3, 0.4) is 0 Å². The lowest BCUT2D eigenvalue weighted by molar-refractivity contribution is -0.148. The first-order valence-electron chi connectivity index (χ1n) is 8.22. The molecule has 1 saturated heterocycles. The highest BCUT2D eigenvalue weighted by molar-refractivity contribution is 5.76. The van der Waals surface area contributed by atoms with Crippen LogP contribution in [0.1, 0.15) is 25.3 Å². The van der Waals surface area contributed by atoms with E-state index in [0.717, 1.165) is 17.7 Å². The molecule has 1 N–H and O–H groups in total. The molecule has 0 unspecified atom stereocenters. The molecule has 1 amide bonds. The number of carboxylic acids is 1. The van der Waals surface area contributed by atoms with Crippen LogP contribution in [0.4, 0.5) is 0 Å². The van der Waals surface area contributed by atoms with Gasteiger partial charge in [-0.25, -0.2) is 0 Å². The summed E-state index contributed by atoms with van der Waals surface area (Å²) in [6.45, 7) is 3.31. The van der Waals surface area contributed by atoms with E-state index in [1.165, 1.54) is 0 Å². The smallest absolute Gasteiger partial charge is 0.306 e. The first-order chi connectivity index (χ1) is 11.5. The van der Waals surface area contributed by atoms with Crippen molar-refractivity contribution in [1.82, 2.24) is 4.90 Å². The van der Waals surface area contributed by atoms with Gasteiger partial charge in [0, 0.05) is 19.5 Å². The van der Waals surface area contributed by atoms with Crippen LogP contribution in [0, 0.1) is 5.92 Å². The quantitative estimate of drug-likeness (QED) is 0.824. The van der Waals surface area contributed by atoms with Crippen molar-refractivity contribution in [3.8, 4) is 5.75 Å². The minimum atomic E-state index is -0.904. The number of ether oxygens (including phenoxy) is 2. The van der Waals surface area contributed by atoms with Crippen molar-refractivity contribution in [3.05, 3.63) is 29.8 Å². The lowest BCUT2D eigenvalue weighted by Crippen LogP contribution is -2.46. The van der Waals surface area contributed by atoms with Crippen molar-refractivity contribution < 1.29 is 24.2 Å². The Morgan fingerprint density at radius 2 is 2.17 bits per heavy atom. The molecule has 1 aliphatic rings. The molecule has 6 heteroatoms. The molecule has 0 bridgehead atoms. The van der Waals surface area contributed by atoms with E-state index >= 15 is 0 Å². The minimum Gasteiger partial charge on any atom is -0.496 e. The van der Waals surface area contributed by atoms with Gasteiger partial charge in [-0.05, 0) is 24.0 Å². The van der Waals surface area contributed by atoms with Gasteiger partial charge < -0.3 is 19.5 Å². The molecule has 0 aliphatic carbocycles. The van der Waals surface area contributed by atoms with E-state index in [0.29, 0.717) is 26.1 Å². The number of nitrogens with zero attached hydrogens (tertiary/aromatic N) is 1. The van der Waals surface area contributed by atoms with Crippen LogP contribution in [-0.4, -0.2) is 54.8 Å². The van der Waals surface area contributed by atoms with Gasteiger partial charge in [-0.3, -0.25) is 9.59 Å². The zero-order chi connectivity index (χ0) is 17.5. The summed E-state index contributed by atoms with van der Waals surface area (Å²) in [6.07, 6.45) is 0.710. The third-order valence-corrected chi connectivity index (χ3v) is 4.18. The standard InChI is InChI=1S/C18H25NO5/c1-13(9-14-5-3-4-6-16(14)23-2)10-17(20)19-7-8-24-15(12-19)11-18(21)22/h3-6,13,15H,7-12H2,1-2H3,(H,21,22)/t13-,15-/m1/s1. The highest BCUT2D eigenvalue weighted by Crippen LogP contribution is 2.23. The van der Waals surface area contributed by atoms with Crippen LogP contribution in [-0.2, 0) is 20.7 Å². The molecule has 1 fully saturated rings. The summed E-state index contributed by atoms with van der Waals surface area (Å²) >= 11 is 0. The van der Waals surface area contributed by atoms with Crippen molar-refractivity contribution >= 4 is 11.9 Å². The summed E-state index contributed by atoms with van der Waals surface area (Å²) in [6, 6.07) is 7.82. The van der Waals surface area contributed by atoms with Gasteiger partial charge in [-0.2, -0.15) is 0 Å². The largest absolute Gasteiger partial charge is 0.496 e. The van der Waals surface area contributed by atoms with Crippen molar-refractivity contribution in [1.29, 1.82) is 0 Å². The number of methoxy groups -OCH3 is 1. The second-order valence-electron chi connectivity index (χ2n) is 6.26. The fourth-order valence-electron chi connectivity index (χ4n) is 3.01. The molecule has 0 radical (unpaired) electrons. The SMILES string of the molecule is COc1ccccc1C[C@@H](C)CC(=O)N1CCO[C@H](CC(=O)O)C1. The summed E-state index contributed by atoms with van der Waals surface area (Å²) < 4.78 is 10.8. The maximum atomic E-state index is 12.5. The molecule has 2 rings (SSSR count). The second-order valence-corrected chi connectivity index (χ2v) is 6.26. The maximum absolute atomic E-state index is 12.5. The molecule has 0 spiro atoms. The normalized spacial score (nSPS) is 18.9. The number of carbonyl (C=O) groups excluding carboxylic acids is 1. The van der Waals surface area contributed by atoms with E-state index in [4.69, 9.17) is 14.6 Å². The number of aliphatic carboxylic acids is 1. The van der Waals surface area contributed by atoms with Crippen LogP contribution in [0.5, 0.6) is 5.75 Å². The monoisotopic (exact) mass is 335 g/mol. The van der Waals surface area contributed by atoms with Crippen LogP contribution < -0.4 is 4.74 Å². The van der Waals surface area contributed by atoms with Gasteiger partial charge in [0.2, 0.25) is 5.91 Å². The lowest BCUT2D eigenvalue weighted by atomic mass is 9.96. The number of amides is 1. The number of carbonyl (C=O) groups is 2. The number of hydrogen-bond acceptors (Lipinski definition) is 4. The molecule has 132 valence electrons. The average molecular weight is 335 g/mol. The third kappa shape index (κ3) is 5.23. The third-order valence-electron chi connectivity index (χ3n) is 4.18. The highest BCUT2D eigenvalue weighted by atomic mass is 16.5. The molecule has 1 aliphatic heterocycles. The Bertz CT molecular complexity index is 574. The lowest BCUT2D eigenvalue weighted by Gasteiger charge is -2.33. The highest BCUT2D eigenvalue weighted by Gasteiger charge is 2.26. The predicted molar refractivity (Wildman–Crippen MR) is 89.1 cm³/mol. The first-order valence-corrected chi connectivity index (χ1v) is 8.22. The van der Waals surface area contributed by atoms with E-state index in [-0.39, 0.29) is 18.2 Å². The molecular weight excluding hydrogens is 310 g/mol. The number of morpholine rings is 1. The number of hydrogen-bond donors (Lipinski definition) is 1. The van der Waals surface area contributed by atoms with Gasteiger partial charge in [-0.1, -0.05) is 25.1 Å². The number of rotatable bonds is 7. The topological polar surface area (TPSA) is 76.1 Å². The van der Waals surface area contributed by atoms with E-state index in [1.807, 2.05) is 31.2 Å². The summed E-state index contributed by atoms with van der Waals surface area (Å²) in [5.74, 6) is 0.161. The Morgan fingerprint density at radius 3 is 2.88 bits per heavy atom. The van der Waals surface area contributed by atoms with Crippen LogP contribution in [0.25, 0.3) is 0 Å². The number of benzene rings is 1. The summed E-state index contributed by atoms with van der Waals surface area (Å²) in [5.41, 5.74) is 1.09. The van der Waals surface area contributed by atoms with Crippen molar-refractivity contribution in [2.75, 3.05) is 26.8 Å². The first kappa shape index (κ1) is 18.3. The van der Waals surface area contributed by atoms with E-state index < -0.39 is 12.1 Å². The summed E-state index contributed by atoms with van der Waals surface area (Å²) in [7, 11) is 1.64. The maximum Gasteiger partial charge on any atom is 0.306 e. The molecule has 1 heterocycles. The summed E-state index contributed by atoms with van der Waals surface area (Å²) in [4.78, 5) is 25.0. The van der Waals surface area contributed by atoms with Gasteiger partial charge in [-0.15, -0.1) is 0 Å². The Hall–Kier alpha value is -2.08. The van der Waals surface area contributed by atoms with Gasteiger partial charge in [0.25, 0.3) is 0 Å². The predicted octanol–water partition coefficient (Wildman–Crippen LogP) is 1.97. The Kier molecular flexibility index (Phi) is 6.61. The molecule has 1 aromatic carbocycles. The molecule has 2 atom stereocenters. The Labute approximate surface area is 142 Å². The van der Waals surface area contributed by atoms with Crippen LogP contribution in [0.15, 0.2) is 24.3 Å². The molecule has 1 aromatic rings. The van der Waals surface area contributed by atoms with Gasteiger partial charge in [0.1, 0.15) is 5.75 Å². The van der Waals surface area contributed by atoms with Gasteiger partial charge in [0.15, 0.2) is 0 Å². The summed E-state index contributed by atoms with van der Waals surface area (Å²) in [5, 5.41) is 8.85. The zero-order valence-electron chi connectivity index (χ0n) is 14.2. The Morgan fingerprint density at radius 1 is 1.42 bits per heavy atom. The fourth-order valence-corrected chi connectivity index (χ4v) is 3.01. The molecule has 0 saturated carbocycles. The second kappa shape index (κ2) is 8.68. The zero-order valence-corrected chi connectivity index (χ0v) is 14.2. The van der Waals surface area contributed by atoms with Crippen molar-refractivity contribution in [2.45, 2.75) is 32.3 Å². The van der Waals surface area contributed by atoms with E-state index in [2.05, 4.69) is 0 Å². The van der Waals surface area contributed by atoms with Gasteiger partial charge in [0.05, 0.1) is 26.2 Å². The molecule has 6 nitrogen and oxygen atoms in total. The van der Waals surface area contributed by atoms with Crippen LogP contribution >= 0.6 is 0 Å². The molecule has 0 aromatic heterocycles. The number of para-hydroxylation sites is 1. The van der Waals surface area contributed by atoms with E-state index in [1.54, 1.807) is 12.0 Å². The minimum absolute atomic E-state index is 0.0519. The van der Waals surface area contributed by atoms with Crippen molar-refractivity contribution in [3.63, 3.8) is 0 Å². The number of carboxylic acid groups (broad SMARTS) is 1. The van der Waals surface area contributed by atoms with Crippen LogP contribution in [0.2, 0.25) is 0 Å². The van der Waals surface area contributed by atoms with Crippen molar-refractivity contribution in [2.24, 2.45) is 5.92 Å². The average Bonchev–Trinajstić information content (AvgIpc) is 2.55.